The molecule has 10 heteroatoms. The van der Waals surface area contributed by atoms with Gasteiger partial charge in [-0.3, -0.25) is 14.9 Å². The Hall–Kier alpha value is -2.85. The predicted molar refractivity (Wildman–Crippen MR) is 87.5 cm³/mol. The smallest absolute Gasteiger partial charge is 0.331 e. The van der Waals surface area contributed by atoms with Crippen LogP contribution in [0.5, 0.6) is 0 Å². The van der Waals surface area contributed by atoms with Crippen molar-refractivity contribution >= 4 is 28.9 Å². The molecule has 0 radical (unpaired) electrons. The molecule has 1 aromatic heterocycles. The lowest BCUT2D eigenvalue weighted by atomic mass is 9.99. The minimum absolute atomic E-state index is 0.0390. The SMILES string of the molecule is O=C(NC1(C(=O)O)CCOC1)c1csc(-c2ccc([N+](=O)[O-])cc2)n1. The standard InChI is InChI=1S/C15H13N3O6S/c19-12(17-15(14(20)21)5-6-24-8-15)11-7-25-13(16-11)9-1-3-10(4-2-9)18(22)23/h1-4,7H,5-6,8H2,(H,17,19)(H,20,21). The molecule has 0 bridgehead atoms. The quantitative estimate of drug-likeness (QED) is 0.610. The first-order valence-electron chi connectivity index (χ1n) is 7.25. The van der Waals surface area contributed by atoms with Gasteiger partial charge in [-0.1, -0.05) is 0 Å². The molecule has 1 aliphatic heterocycles. The van der Waals surface area contributed by atoms with Gasteiger partial charge in [-0.2, -0.15) is 0 Å². The van der Waals surface area contributed by atoms with Gasteiger partial charge >= 0.3 is 5.97 Å². The number of nitro benzene ring substituents is 1. The lowest BCUT2D eigenvalue weighted by molar-refractivity contribution is -0.384. The fourth-order valence-corrected chi connectivity index (χ4v) is 3.21. The summed E-state index contributed by atoms with van der Waals surface area (Å²) >= 11 is 1.19. The highest BCUT2D eigenvalue weighted by molar-refractivity contribution is 7.13. The summed E-state index contributed by atoms with van der Waals surface area (Å²) < 4.78 is 5.10. The molecule has 130 valence electrons. The number of carbonyl (C=O) groups is 2. The first-order valence-corrected chi connectivity index (χ1v) is 8.13. The van der Waals surface area contributed by atoms with E-state index in [0.717, 1.165) is 0 Å². The van der Waals surface area contributed by atoms with E-state index >= 15 is 0 Å². The van der Waals surface area contributed by atoms with Crippen molar-refractivity contribution in [3.63, 3.8) is 0 Å². The van der Waals surface area contributed by atoms with Crippen LogP contribution in [-0.2, 0) is 9.53 Å². The number of nitrogens with zero attached hydrogens (tertiary/aromatic N) is 2. The molecule has 2 aromatic rings. The van der Waals surface area contributed by atoms with E-state index in [1.165, 1.54) is 28.8 Å². The third-order valence-corrected chi connectivity index (χ3v) is 4.74. The monoisotopic (exact) mass is 363 g/mol. The zero-order valence-electron chi connectivity index (χ0n) is 12.8. The lowest BCUT2D eigenvalue weighted by Gasteiger charge is -2.22. The Morgan fingerprint density at radius 1 is 1.36 bits per heavy atom. The number of thiazole rings is 1. The van der Waals surface area contributed by atoms with E-state index in [1.807, 2.05) is 0 Å². The molecule has 1 aliphatic rings. The summed E-state index contributed by atoms with van der Waals surface area (Å²) in [6.45, 7) is 0.172. The Labute approximate surface area is 145 Å². The topological polar surface area (TPSA) is 132 Å². The van der Waals surface area contributed by atoms with Crippen LogP contribution in [0.15, 0.2) is 29.6 Å². The van der Waals surface area contributed by atoms with Gasteiger partial charge in [-0.25, -0.2) is 9.78 Å². The first-order chi connectivity index (χ1) is 11.9. The molecule has 0 aliphatic carbocycles. The molecule has 0 saturated carbocycles. The van der Waals surface area contributed by atoms with Crippen LogP contribution in [-0.4, -0.2) is 45.6 Å². The number of non-ortho nitro benzene ring substituents is 1. The number of carbonyl (C=O) groups excluding carboxylic acids is 1. The van der Waals surface area contributed by atoms with Crippen molar-refractivity contribution in [3.05, 3.63) is 45.5 Å². The predicted octanol–water partition coefficient (Wildman–Crippen LogP) is 1.69. The van der Waals surface area contributed by atoms with E-state index in [-0.39, 0.29) is 31.0 Å². The number of hydrogen-bond donors (Lipinski definition) is 2. The molecule has 2 heterocycles. The highest BCUT2D eigenvalue weighted by Crippen LogP contribution is 2.26. The van der Waals surface area contributed by atoms with Crippen molar-refractivity contribution in [3.8, 4) is 10.6 Å². The summed E-state index contributed by atoms with van der Waals surface area (Å²) in [5.74, 6) is -1.75. The molecule has 9 nitrogen and oxygen atoms in total. The number of aromatic nitrogens is 1. The van der Waals surface area contributed by atoms with Gasteiger partial charge < -0.3 is 15.2 Å². The maximum atomic E-state index is 12.3. The van der Waals surface area contributed by atoms with E-state index in [9.17, 15) is 24.8 Å². The maximum Gasteiger partial charge on any atom is 0.331 e. The molecule has 1 atom stereocenters. The number of ether oxygens (including phenoxy) is 1. The Kier molecular flexibility index (Phi) is 4.47. The van der Waals surface area contributed by atoms with Gasteiger partial charge in [0, 0.05) is 36.1 Å². The second-order valence-corrected chi connectivity index (χ2v) is 6.34. The average Bonchev–Trinajstić information content (AvgIpc) is 3.25. The van der Waals surface area contributed by atoms with Crippen molar-refractivity contribution in [2.45, 2.75) is 12.0 Å². The number of nitro groups is 1. The lowest BCUT2D eigenvalue weighted by Crippen LogP contribution is -2.55. The first kappa shape index (κ1) is 17.0. The van der Waals surface area contributed by atoms with Gasteiger partial charge in [0.05, 0.1) is 11.5 Å². The molecule has 2 N–H and O–H groups in total. The van der Waals surface area contributed by atoms with Gasteiger partial charge in [0.2, 0.25) is 0 Å². The molecule has 1 saturated heterocycles. The van der Waals surface area contributed by atoms with Crippen LogP contribution in [0.25, 0.3) is 10.6 Å². The van der Waals surface area contributed by atoms with Crippen LogP contribution >= 0.6 is 11.3 Å². The van der Waals surface area contributed by atoms with Crippen molar-refractivity contribution in [1.29, 1.82) is 0 Å². The molecule has 1 aromatic carbocycles. The van der Waals surface area contributed by atoms with E-state index < -0.39 is 22.3 Å². The summed E-state index contributed by atoms with van der Waals surface area (Å²) in [4.78, 5) is 38.1. The minimum atomic E-state index is -1.44. The molecule has 1 amide bonds. The van der Waals surface area contributed by atoms with Crippen LogP contribution < -0.4 is 5.32 Å². The number of carboxylic acids is 1. The number of rotatable bonds is 5. The highest BCUT2D eigenvalue weighted by Gasteiger charge is 2.44. The third kappa shape index (κ3) is 3.35. The second-order valence-electron chi connectivity index (χ2n) is 5.49. The van der Waals surface area contributed by atoms with Gasteiger partial charge in [-0.15, -0.1) is 11.3 Å². The molecular formula is C15H13N3O6S. The second kappa shape index (κ2) is 6.57. The van der Waals surface area contributed by atoms with Crippen molar-refractivity contribution in [2.24, 2.45) is 0 Å². The Balaban J connectivity index is 1.77. The minimum Gasteiger partial charge on any atom is -0.479 e. The molecule has 0 spiro atoms. The third-order valence-electron chi connectivity index (χ3n) is 3.85. The van der Waals surface area contributed by atoms with Crippen LogP contribution in [0.1, 0.15) is 16.9 Å². The van der Waals surface area contributed by atoms with Crippen LogP contribution in [0.4, 0.5) is 5.69 Å². The fourth-order valence-electron chi connectivity index (χ4n) is 2.40. The number of nitrogens with one attached hydrogen (secondary N) is 1. The van der Waals surface area contributed by atoms with Gasteiger partial charge in [-0.05, 0) is 12.1 Å². The zero-order valence-corrected chi connectivity index (χ0v) is 13.6. The molecule has 3 rings (SSSR count). The van der Waals surface area contributed by atoms with Crippen molar-refractivity contribution in [1.82, 2.24) is 10.3 Å². The summed E-state index contributed by atoms with van der Waals surface area (Å²) in [6.07, 6.45) is 0.188. The number of carboxylic acid groups (broad SMARTS) is 1. The van der Waals surface area contributed by atoms with Gasteiger partial charge in [0.15, 0.2) is 5.54 Å². The van der Waals surface area contributed by atoms with Gasteiger partial charge in [0.25, 0.3) is 11.6 Å². The molecular weight excluding hydrogens is 350 g/mol. The summed E-state index contributed by atoms with van der Waals surface area (Å²) in [5, 5.41) is 24.5. The average molecular weight is 363 g/mol. The van der Waals surface area contributed by atoms with Crippen LogP contribution in [0.3, 0.4) is 0 Å². The van der Waals surface area contributed by atoms with Crippen molar-refractivity contribution in [2.75, 3.05) is 13.2 Å². The summed E-state index contributed by atoms with van der Waals surface area (Å²) in [6, 6.07) is 5.79. The van der Waals surface area contributed by atoms with Crippen LogP contribution in [0, 0.1) is 10.1 Å². The number of amides is 1. The largest absolute Gasteiger partial charge is 0.479 e. The fraction of sp³-hybridized carbons (Fsp3) is 0.267. The zero-order chi connectivity index (χ0) is 18.0. The molecule has 1 unspecified atom stereocenters. The maximum absolute atomic E-state index is 12.3. The van der Waals surface area contributed by atoms with E-state index in [1.54, 1.807) is 12.1 Å². The number of hydrogen-bond acceptors (Lipinski definition) is 7. The normalized spacial score (nSPS) is 19.5. The Bertz CT molecular complexity index is 826. The van der Waals surface area contributed by atoms with Crippen molar-refractivity contribution < 1.29 is 24.4 Å². The summed E-state index contributed by atoms with van der Waals surface area (Å²) in [7, 11) is 0. The number of aliphatic carboxylic acids is 1. The molecule has 1 fully saturated rings. The number of benzene rings is 1. The van der Waals surface area contributed by atoms with E-state index in [4.69, 9.17) is 4.74 Å². The Morgan fingerprint density at radius 2 is 2.08 bits per heavy atom. The Morgan fingerprint density at radius 3 is 2.64 bits per heavy atom. The highest BCUT2D eigenvalue weighted by atomic mass is 32.1. The van der Waals surface area contributed by atoms with Crippen LogP contribution in [0.2, 0.25) is 0 Å². The van der Waals surface area contributed by atoms with E-state index in [0.29, 0.717) is 10.6 Å². The summed E-state index contributed by atoms with van der Waals surface area (Å²) in [5.41, 5.74) is -0.755. The van der Waals surface area contributed by atoms with E-state index in [2.05, 4.69) is 10.3 Å². The van der Waals surface area contributed by atoms with Gasteiger partial charge in [0.1, 0.15) is 10.7 Å². The molecule has 25 heavy (non-hydrogen) atoms.